The Hall–Kier alpha value is 0.270. The first-order valence-electron chi connectivity index (χ1n) is 2.49. The predicted octanol–water partition coefficient (Wildman–Crippen LogP) is -0.297. The highest BCUT2D eigenvalue weighted by Gasteiger charge is 2.04. The van der Waals surface area contributed by atoms with Gasteiger partial charge in [-0.3, -0.25) is 0 Å². The van der Waals surface area contributed by atoms with E-state index in [1.807, 2.05) is 0 Å². The third-order valence-electron chi connectivity index (χ3n) is 1.00. The van der Waals surface area contributed by atoms with Gasteiger partial charge in [-0.2, -0.15) is 0 Å². The van der Waals surface area contributed by atoms with Gasteiger partial charge in [0.25, 0.3) is 0 Å². The standard InChI is InChI=1S/C4H9N2S/c7-4-3-5-1-2-6-4/h4-6H,1-3H2. The lowest BCUT2D eigenvalue weighted by molar-refractivity contribution is 0.509. The van der Waals surface area contributed by atoms with Crippen molar-refractivity contribution in [3.05, 3.63) is 0 Å². The summed E-state index contributed by atoms with van der Waals surface area (Å²) in [5, 5.41) is 6.56. The number of rotatable bonds is 0. The summed E-state index contributed by atoms with van der Waals surface area (Å²) in [6.45, 7) is 3.02. The van der Waals surface area contributed by atoms with E-state index in [4.69, 9.17) is 12.6 Å². The zero-order valence-electron chi connectivity index (χ0n) is 4.11. The van der Waals surface area contributed by atoms with Gasteiger partial charge >= 0.3 is 0 Å². The fourth-order valence-electron chi connectivity index (χ4n) is 0.627. The molecule has 0 aromatic rings. The lowest BCUT2D eigenvalue weighted by atomic mass is 10.4. The van der Waals surface area contributed by atoms with Crippen molar-refractivity contribution in [3.63, 3.8) is 0 Å². The molecule has 1 aliphatic rings. The molecule has 1 fully saturated rings. The Kier molecular flexibility index (Phi) is 1.97. The maximum absolute atomic E-state index is 4.92. The van der Waals surface area contributed by atoms with Crippen molar-refractivity contribution in [3.8, 4) is 0 Å². The van der Waals surface area contributed by atoms with Crippen molar-refractivity contribution >= 4 is 12.6 Å². The average molecular weight is 117 g/mol. The molecule has 0 bridgehead atoms. The molecule has 0 spiro atoms. The monoisotopic (exact) mass is 117 g/mol. The van der Waals surface area contributed by atoms with E-state index in [0.717, 1.165) is 19.6 Å². The molecule has 1 atom stereocenters. The van der Waals surface area contributed by atoms with Gasteiger partial charge < -0.3 is 10.6 Å². The van der Waals surface area contributed by atoms with Crippen LogP contribution in [0.1, 0.15) is 0 Å². The van der Waals surface area contributed by atoms with Crippen LogP contribution in [0.5, 0.6) is 0 Å². The number of hydrogen-bond donors (Lipinski definition) is 2. The van der Waals surface area contributed by atoms with Crippen LogP contribution < -0.4 is 10.6 Å². The van der Waals surface area contributed by atoms with Crippen LogP contribution in [0.25, 0.3) is 0 Å². The normalized spacial score (nSPS) is 33.0. The Labute approximate surface area is 49.1 Å². The SMILES string of the molecule is [S]C1CNCCN1. The van der Waals surface area contributed by atoms with Crippen molar-refractivity contribution < 1.29 is 0 Å². The van der Waals surface area contributed by atoms with E-state index < -0.39 is 0 Å². The van der Waals surface area contributed by atoms with Gasteiger partial charge in [0.15, 0.2) is 0 Å². The Balaban J connectivity index is 2.12. The van der Waals surface area contributed by atoms with Gasteiger partial charge in [0, 0.05) is 19.6 Å². The summed E-state index contributed by atoms with van der Waals surface area (Å²) in [7, 11) is 0. The zero-order chi connectivity index (χ0) is 5.11. The van der Waals surface area contributed by atoms with Crippen LogP contribution in [0.4, 0.5) is 0 Å². The van der Waals surface area contributed by atoms with Crippen molar-refractivity contribution in [2.75, 3.05) is 19.6 Å². The molecule has 1 saturated heterocycles. The summed E-state index contributed by atoms with van der Waals surface area (Å²) in [5.41, 5.74) is 0. The maximum atomic E-state index is 4.92. The van der Waals surface area contributed by atoms with E-state index in [9.17, 15) is 0 Å². The zero-order valence-corrected chi connectivity index (χ0v) is 4.92. The van der Waals surface area contributed by atoms with Gasteiger partial charge in [0.2, 0.25) is 0 Å². The van der Waals surface area contributed by atoms with Crippen molar-refractivity contribution in [1.82, 2.24) is 10.6 Å². The van der Waals surface area contributed by atoms with Crippen LogP contribution in [0.15, 0.2) is 0 Å². The quantitative estimate of drug-likeness (QED) is 0.455. The second kappa shape index (κ2) is 2.55. The van der Waals surface area contributed by atoms with Crippen LogP contribution in [0, 0.1) is 0 Å². The van der Waals surface area contributed by atoms with Gasteiger partial charge in [0.05, 0.1) is 5.37 Å². The summed E-state index contributed by atoms with van der Waals surface area (Å²) in [5.74, 6) is 0. The van der Waals surface area contributed by atoms with Gasteiger partial charge in [-0.1, -0.05) is 12.6 Å². The van der Waals surface area contributed by atoms with Crippen molar-refractivity contribution in [2.45, 2.75) is 5.37 Å². The first-order valence-corrected chi connectivity index (χ1v) is 2.96. The molecule has 41 valence electrons. The van der Waals surface area contributed by atoms with Gasteiger partial charge in [0.1, 0.15) is 0 Å². The lowest BCUT2D eigenvalue weighted by Gasteiger charge is -2.18. The summed E-state index contributed by atoms with van der Waals surface area (Å²) in [6, 6.07) is 0. The molecular formula is C4H9N2S. The average Bonchev–Trinajstić information content (AvgIpc) is 1.69. The third kappa shape index (κ3) is 1.67. The number of nitrogens with one attached hydrogen (secondary N) is 2. The second-order valence-electron chi connectivity index (χ2n) is 1.65. The van der Waals surface area contributed by atoms with Crippen LogP contribution in [0.2, 0.25) is 0 Å². The Bertz CT molecular complexity index is 51.7. The molecule has 1 unspecified atom stereocenters. The molecule has 0 saturated carbocycles. The maximum Gasteiger partial charge on any atom is 0.0764 e. The summed E-state index contributed by atoms with van der Waals surface area (Å²) >= 11 is 4.92. The minimum atomic E-state index is 0.258. The predicted molar refractivity (Wildman–Crippen MR) is 32.3 cm³/mol. The molecule has 0 aliphatic carbocycles. The van der Waals surface area contributed by atoms with E-state index in [-0.39, 0.29) is 5.37 Å². The Morgan fingerprint density at radius 1 is 1.43 bits per heavy atom. The molecular weight excluding hydrogens is 108 g/mol. The first-order chi connectivity index (χ1) is 3.39. The summed E-state index contributed by atoms with van der Waals surface area (Å²) in [4.78, 5) is 0. The highest BCUT2D eigenvalue weighted by atomic mass is 32.1. The van der Waals surface area contributed by atoms with E-state index in [2.05, 4.69) is 10.6 Å². The molecule has 2 nitrogen and oxygen atoms in total. The van der Waals surface area contributed by atoms with E-state index >= 15 is 0 Å². The Morgan fingerprint density at radius 2 is 2.29 bits per heavy atom. The van der Waals surface area contributed by atoms with Gasteiger partial charge in [-0.25, -0.2) is 0 Å². The summed E-state index contributed by atoms with van der Waals surface area (Å²) < 4.78 is 0. The van der Waals surface area contributed by atoms with Gasteiger partial charge in [-0.05, 0) is 0 Å². The molecule has 1 heterocycles. The molecule has 1 rings (SSSR count). The number of piperazine rings is 1. The smallest absolute Gasteiger partial charge is 0.0764 e. The topological polar surface area (TPSA) is 24.1 Å². The van der Waals surface area contributed by atoms with Crippen LogP contribution in [-0.2, 0) is 0 Å². The largest absolute Gasteiger partial charge is 0.313 e. The number of hydrogen-bond acceptors (Lipinski definition) is 2. The minimum absolute atomic E-state index is 0.258. The second-order valence-corrected chi connectivity index (χ2v) is 2.22. The fraction of sp³-hybridized carbons (Fsp3) is 1.00. The highest BCUT2D eigenvalue weighted by Crippen LogP contribution is 1.88. The summed E-state index contributed by atoms with van der Waals surface area (Å²) in [6.07, 6.45) is 0. The molecule has 3 heteroatoms. The van der Waals surface area contributed by atoms with E-state index in [0.29, 0.717) is 0 Å². The molecule has 0 amide bonds. The van der Waals surface area contributed by atoms with E-state index in [1.165, 1.54) is 0 Å². The van der Waals surface area contributed by atoms with Crippen LogP contribution in [-0.4, -0.2) is 25.0 Å². The molecule has 7 heavy (non-hydrogen) atoms. The van der Waals surface area contributed by atoms with Crippen LogP contribution >= 0.6 is 12.6 Å². The first kappa shape index (κ1) is 5.41. The third-order valence-corrected chi connectivity index (χ3v) is 1.34. The van der Waals surface area contributed by atoms with Crippen molar-refractivity contribution in [2.24, 2.45) is 0 Å². The molecule has 2 N–H and O–H groups in total. The van der Waals surface area contributed by atoms with Crippen molar-refractivity contribution in [1.29, 1.82) is 0 Å². The molecule has 1 radical (unpaired) electrons. The highest BCUT2D eigenvalue weighted by molar-refractivity contribution is 7.80. The molecule has 0 aromatic heterocycles. The molecule has 0 aromatic carbocycles. The van der Waals surface area contributed by atoms with E-state index in [1.54, 1.807) is 0 Å². The Morgan fingerprint density at radius 3 is 2.57 bits per heavy atom. The van der Waals surface area contributed by atoms with Gasteiger partial charge in [-0.15, -0.1) is 0 Å². The minimum Gasteiger partial charge on any atom is -0.313 e. The van der Waals surface area contributed by atoms with Crippen LogP contribution in [0.3, 0.4) is 0 Å². The fourth-order valence-corrected chi connectivity index (χ4v) is 0.863. The lowest BCUT2D eigenvalue weighted by Crippen LogP contribution is -2.45. The molecule has 1 aliphatic heterocycles.